The highest BCUT2D eigenvalue weighted by molar-refractivity contribution is 6.22. The standard InChI is InChI=1S/C18H27NO4/c1-3-5-8-23-19-15(4-2)18-16(20)11-14(12-17(18)21)13-6-9-22-10-7-13/h3,5,13-14,20H,4,6-12H2,1-2H3/b5-3+,19-15?. The van der Waals surface area contributed by atoms with Gasteiger partial charge in [0.2, 0.25) is 0 Å². The normalized spacial score (nSPS) is 24.5. The number of carbonyl (C=O) groups excluding carboxylic acids is 1. The molecule has 23 heavy (non-hydrogen) atoms. The van der Waals surface area contributed by atoms with E-state index < -0.39 is 0 Å². The Balaban J connectivity index is 2.09. The van der Waals surface area contributed by atoms with Crippen LogP contribution in [0.15, 0.2) is 28.6 Å². The molecule has 0 aromatic rings. The number of allylic oxidation sites excluding steroid dienone is 3. The molecule has 1 saturated heterocycles. The summed E-state index contributed by atoms with van der Waals surface area (Å²) in [5, 5.41) is 14.5. The fourth-order valence-corrected chi connectivity index (χ4v) is 3.31. The number of rotatable bonds is 6. The minimum atomic E-state index is -0.0134. The van der Waals surface area contributed by atoms with Crippen LogP contribution in [0.3, 0.4) is 0 Å². The van der Waals surface area contributed by atoms with Crippen molar-refractivity contribution in [1.82, 2.24) is 0 Å². The second-order valence-electron chi connectivity index (χ2n) is 6.12. The van der Waals surface area contributed by atoms with Crippen LogP contribution in [0.1, 0.15) is 46.0 Å². The third-order valence-corrected chi connectivity index (χ3v) is 4.61. The average Bonchev–Trinajstić information content (AvgIpc) is 2.57. The highest BCUT2D eigenvalue weighted by atomic mass is 16.6. The van der Waals surface area contributed by atoms with Crippen molar-refractivity contribution >= 4 is 11.5 Å². The van der Waals surface area contributed by atoms with Crippen LogP contribution in [0.5, 0.6) is 0 Å². The van der Waals surface area contributed by atoms with Crippen LogP contribution in [-0.2, 0) is 14.4 Å². The summed E-state index contributed by atoms with van der Waals surface area (Å²) in [6.45, 7) is 5.70. The molecule has 5 nitrogen and oxygen atoms in total. The molecule has 2 aliphatic rings. The largest absolute Gasteiger partial charge is 0.511 e. The smallest absolute Gasteiger partial charge is 0.168 e. The van der Waals surface area contributed by atoms with E-state index in [0.717, 1.165) is 26.1 Å². The van der Waals surface area contributed by atoms with E-state index in [1.807, 2.05) is 26.0 Å². The molecule has 0 aromatic carbocycles. The van der Waals surface area contributed by atoms with Gasteiger partial charge in [0.05, 0.1) is 11.3 Å². The van der Waals surface area contributed by atoms with Crippen molar-refractivity contribution in [3.05, 3.63) is 23.5 Å². The van der Waals surface area contributed by atoms with E-state index in [-0.39, 0.29) is 17.5 Å². The number of carbonyl (C=O) groups is 1. The van der Waals surface area contributed by atoms with Gasteiger partial charge in [0, 0.05) is 26.1 Å². The first-order valence-electron chi connectivity index (χ1n) is 8.50. The molecule has 0 amide bonds. The monoisotopic (exact) mass is 321 g/mol. The summed E-state index contributed by atoms with van der Waals surface area (Å²) >= 11 is 0. The Bertz CT molecular complexity index is 501. The van der Waals surface area contributed by atoms with Gasteiger partial charge in [0.1, 0.15) is 12.4 Å². The summed E-state index contributed by atoms with van der Waals surface area (Å²) in [5.74, 6) is 0.843. The SMILES string of the molecule is C/C=C/CON=C(CC)C1=C(O)CC(C2CCOCC2)CC1=O. The maximum atomic E-state index is 12.5. The molecule has 0 radical (unpaired) electrons. The Labute approximate surface area is 138 Å². The Hall–Kier alpha value is -1.62. The number of ether oxygens (including phenoxy) is 1. The Morgan fingerprint density at radius 2 is 2.09 bits per heavy atom. The lowest BCUT2D eigenvalue weighted by Crippen LogP contribution is -2.31. The fourth-order valence-electron chi connectivity index (χ4n) is 3.31. The summed E-state index contributed by atoms with van der Waals surface area (Å²) in [7, 11) is 0. The first-order chi connectivity index (χ1) is 11.2. The molecule has 1 aliphatic carbocycles. The summed E-state index contributed by atoms with van der Waals surface area (Å²) in [5.41, 5.74) is 0.915. The van der Waals surface area contributed by atoms with Crippen LogP contribution in [0, 0.1) is 11.8 Å². The molecule has 1 aliphatic heterocycles. The van der Waals surface area contributed by atoms with Crippen LogP contribution in [0.4, 0.5) is 0 Å². The molecule has 1 fully saturated rings. The van der Waals surface area contributed by atoms with Gasteiger partial charge < -0.3 is 14.7 Å². The number of hydrogen-bond acceptors (Lipinski definition) is 5. The molecule has 1 heterocycles. The van der Waals surface area contributed by atoms with E-state index >= 15 is 0 Å². The summed E-state index contributed by atoms with van der Waals surface area (Å²) in [6, 6.07) is 0. The summed E-state index contributed by atoms with van der Waals surface area (Å²) < 4.78 is 5.38. The molecule has 0 bridgehead atoms. The first-order valence-corrected chi connectivity index (χ1v) is 8.50. The van der Waals surface area contributed by atoms with Crippen LogP contribution < -0.4 is 0 Å². The Kier molecular flexibility index (Phi) is 6.84. The maximum absolute atomic E-state index is 12.5. The highest BCUT2D eigenvalue weighted by Gasteiger charge is 2.34. The summed E-state index contributed by atoms with van der Waals surface area (Å²) in [4.78, 5) is 17.8. The molecule has 1 N–H and O–H groups in total. The number of aliphatic hydroxyl groups is 1. The minimum absolute atomic E-state index is 0.0134. The van der Waals surface area contributed by atoms with Gasteiger partial charge >= 0.3 is 0 Å². The zero-order valence-electron chi connectivity index (χ0n) is 14.1. The van der Waals surface area contributed by atoms with E-state index in [4.69, 9.17) is 9.57 Å². The van der Waals surface area contributed by atoms with Crippen molar-refractivity contribution in [2.75, 3.05) is 19.8 Å². The predicted octanol–water partition coefficient (Wildman–Crippen LogP) is 3.56. The zero-order valence-corrected chi connectivity index (χ0v) is 14.1. The molecule has 1 atom stereocenters. The fraction of sp³-hybridized carbons (Fsp3) is 0.667. The number of hydrogen-bond donors (Lipinski definition) is 1. The lowest BCUT2D eigenvalue weighted by molar-refractivity contribution is -0.117. The van der Waals surface area contributed by atoms with Crippen LogP contribution >= 0.6 is 0 Å². The first kappa shape index (κ1) is 17.7. The van der Waals surface area contributed by atoms with Gasteiger partial charge in [-0.1, -0.05) is 18.2 Å². The maximum Gasteiger partial charge on any atom is 0.168 e. The van der Waals surface area contributed by atoms with Crippen molar-refractivity contribution in [2.24, 2.45) is 17.0 Å². The molecule has 0 aromatic heterocycles. The van der Waals surface area contributed by atoms with Crippen molar-refractivity contribution in [3.63, 3.8) is 0 Å². The Morgan fingerprint density at radius 1 is 1.35 bits per heavy atom. The van der Waals surface area contributed by atoms with Gasteiger partial charge in [-0.25, -0.2) is 0 Å². The molecular weight excluding hydrogens is 294 g/mol. The van der Waals surface area contributed by atoms with E-state index in [9.17, 15) is 9.90 Å². The molecular formula is C18H27NO4. The van der Waals surface area contributed by atoms with Gasteiger partial charge in [-0.3, -0.25) is 4.79 Å². The topological polar surface area (TPSA) is 68.1 Å². The van der Waals surface area contributed by atoms with Crippen molar-refractivity contribution in [1.29, 1.82) is 0 Å². The number of oxime groups is 1. The molecule has 0 spiro atoms. The van der Waals surface area contributed by atoms with Crippen molar-refractivity contribution < 1.29 is 19.5 Å². The minimum Gasteiger partial charge on any atom is -0.511 e. The molecule has 2 rings (SSSR count). The van der Waals surface area contributed by atoms with Gasteiger partial charge in [-0.15, -0.1) is 0 Å². The molecule has 1 unspecified atom stereocenters. The van der Waals surface area contributed by atoms with E-state index in [1.165, 1.54) is 0 Å². The number of aliphatic hydroxyl groups excluding tert-OH is 1. The summed E-state index contributed by atoms with van der Waals surface area (Å²) in [6.07, 6.45) is 7.26. The highest BCUT2D eigenvalue weighted by Crippen LogP contribution is 2.36. The zero-order chi connectivity index (χ0) is 16.7. The van der Waals surface area contributed by atoms with E-state index in [2.05, 4.69) is 5.16 Å². The van der Waals surface area contributed by atoms with Crippen molar-refractivity contribution in [3.8, 4) is 0 Å². The van der Waals surface area contributed by atoms with Crippen LogP contribution in [0.25, 0.3) is 0 Å². The quantitative estimate of drug-likeness (QED) is 0.351. The van der Waals surface area contributed by atoms with Gasteiger partial charge in [0.15, 0.2) is 5.78 Å². The van der Waals surface area contributed by atoms with E-state index in [1.54, 1.807) is 0 Å². The molecule has 5 heteroatoms. The van der Waals surface area contributed by atoms with Crippen molar-refractivity contribution in [2.45, 2.75) is 46.0 Å². The van der Waals surface area contributed by atoms with Gasteiger partial charge in [-0.05, 0) is 44.1 Å². The van der Waals surface area contributed by atoms with E-state index in [0.29, 0.717) is 43.1 Å². The lowest BCUT2D eigenvalue weighted by Gasteiger charge is -2.32. The number of nitrogens with zero attached hydrogens (tertiary/aromatic N) is 1. The second kappa shape index (κ2) is 8.87. The molecule has 128 valence electrons. The number of Topliss-reactive ketones (excluding diaryl/α,β-unsaturated/α-hetero) is 1. The number of ketones is 1. The van der Waals surface area contributed by atoms with Crippen LogP contribution in [0.2, 0.25) is 0 Å². The van der Waals surface area contributed by atoms with Gasteiger partial charge in [-0.2, -0.15) is 0 Å². The second-order valence-corrected chi connectivity index (χ2v) is 6.12. The van der Waals surface area contributed by atoms with Crippen LogP contribution in [-0.4, -0.2) is 36.4 Å². The third-order valence-electron chi connectivity index (χ3n) is 4.61. The third kappa shape index (κ3) is 4.67. The average molecular weight is 321 g/mol. The lowest BCUT2D eigenvalue weighted by atomic mass is 9.75. The predicted molar refractivity (Wildman–Crippen MR) is 89.4 cm³/mol. The molecule has 0 saturated carbocycles. The Morgan fingerprint density at radius 3 is 2.70 bits per heavy atom. The van der Waals surface area contributed by atoms with Gasteiger partial charge in [0.25, 0.3) is 0 Å².